The highest BCUT2D eigenvalue weighted by Gasteiger charge is 2.31. The van der Waals surface area contributed by atoms with Gasteiger partial charge in [-0.3, -0.25) is 4.79 Å². The van der Waals surface area contributed by atoms with Crippen molar-refractivity contribution in [2.24, 2.45) is 0 Å². The number of carbonyl (C=O) groups excluding carboxylic acids is 1. The summed E-state index contributed by atoms with van der Waals surface area (Å²) < 4.78 is 30.9. The summed E-state index contributed by atoms with van der Waals surface area (Å²) in [6, 6.07) is 13.4. The molecule has 0 unspecified atom stereocenters. The lowest BCUT2D eigenvalue weighted by Crippen LogP contribution is -2.45. The van der Waals surface area contributed by atoms with Gasteiger partial charge in [0.25, 0.3) is 0 Å². The zero-order chi connectivity index (χ0) is 20.9. The standard InChI is InChI=1S/C21H28N2O4S/c1-15-11-12-19(13-16(15)2)27-14-17(3)22-21(24)20(23(4)28(5,25)26)18-9-7-6-8-10-18/h6-13,17,20H,14H2,1-5H3,(H,22,24)/t17-,20+/m1/s1. The third-order valence-electron chi connectivity index (χ3n) is 4.62. The first kappa shape index (κ1) is 21.9. The first-order valence-corrected chi connectivity index (χ1v) is 10.9. The number of hydrogen-bond acceptors (Lipinski definition) is 4. The fourth-order valence-electron chi connectivity index (χ4n) is 2.74. The maximum Gasteiger partial charge on any atom is 0.243 e. The number of nitrogens with one attached hydrogen (secondary N) is 1. The van der Waals surface area contributed by atoms with E-state index in [9.17, 15) is 13.2 Å². The third kappa shape index (κ3) is 5.81. The van der Waals surface area contributed by atoms with Crippen LogP contribution in [0.25, 0.3) is 0 Å². The molecule has 0 aliphatic heterocycles. The third-order valence-corrected chi connectivity index (χ3v) is 5.87. The van der Waals surface area contributed by atoms with Crippen LogP contribution >= 0.6 is 0 Å². The van der Waals surface area contributed by atoms with Gasteiger partial charge >= 0.3 is 0 Å². The van der Waals surface area contributed by atoms with Gasteiger partial charge in [0.1, 0.15) is 18.4 Å². The fraction of sp³-hybridized carbons (Fsp3) is 0.381. The first-order valence-electron chi connectivity index (χ1n) is 9.08. The molecule has 1 N–H and O–H groups in total. The van der Waals surface area contributed by atoms with Gasteiger partial charge < -0.3 is 10.1 Å². The van der Waals surface area contributed by atoms with Crippen LogP contribution in [-0.4, -0.2) is 44.6 Å². The Bertz CT molecular complexity index is 913. The molecule has 0 aliphatic carbocycles. The lowest BCUT2D eigenvalue weighted by atomic mass is 10.1. The van der Waals surface area contributed by atoms with Crippen molar-refractivity contribution < 1.29 is 17.9 Å². The molecule has 0 saturated carbocycles. The summed E-state index contributed by atoms with van der Waals surface area (Å²) in [6.45, 7) is 6.14. The Hall–Kier alpha value is -2.38. The molecule has 0 spiro atoms. The monoisotopic (exact) mass is 404 g/mol. The second-order valence-electron chi connectivity index (χ2n) is 7.06. The molecule has 2 aromatic carbocycles. The van der Waals surface area contributed by atoms with E-state index in [2.05, 4.69) is 5.32 Å². The minimum Gasteiger partial charge on any atom is -0.491 e. The highest BCUT2D eigenvalue weighted by atomic mass is 32.2. The molecule has 0 radical (unpaired) electrons. The fourth-order valence-corrected chi connectivity index (χ4v) is 3.34. The molecule has 2 atom stereocenters. The molecule has 2 aromatic rings. The Balaban J connectivity index is 2.08. The Morgan fingerprint density at radius 2 is 1.75 bits per heavy atom. The van der Waals surface area contributed by atoms with E-state index in [1.54, 1.807) is 24.3 Å². The number of rotatable bonds is 8. The Morgan fingerprint density at radius 1 is 1.11 bits per heavy atom. The average molecular weight is 405 g/mol. The molecule has 7 heteroatoms. The predicted octanol–water partition coefficient (Wildman–Crippen LogP) is 2.82. The van der Waals surface area contributed by atoms with Gasteiger partial charge in [0.15, 0.2) is 0 Å². The average Bonchev–Trinajstić information content (AvgIpc) is 2.63. The second-order valence-corrected chi connectivity index (χ2v) is 9.10. The second kappa shape index (κ2) is 9.21. The minimum absolute atomic E-state index is 0.276. The van der Waals surface area contributed by atoms with E-state index in [1.807, 2.05) is 45.0 Å². The summed E-state index contributed by atoms with van der Waals surface area (Å²) in [6.07, 6.45) is 1.09. The largest absolute Gasteiger partial charge is 0.491 e. The van der Waals surface area contributed by atoms with E-state index < -0.39 is 22.0 Å². The molecule has 2 rings (SSSR count). The van der Waals surface area contributed by atoms with Gasteiger partial charge in [0.2, 0.25) is 15.9 Å². The van der Waals surface area contributed by atoms with E-state index in [0.717, 1.165) is 21.9 Å². The van der Waals surface area contributed by atoms with Crippen LogP contribution in [0.1, 0.15) is 29.7 Å². The number of amides is 1. The normalized spacial score (nSPS) is 13.8. The van der Waals surface area contributed by atoms with Gasteiger partial charge in [-0.15, -0.1) is 0 Å². The van der Waals surface area contributed by atoms with Crippen LogP contribution < -0.4 is 10.1 Å². The van der Waals surface area contributed by atoms with Crippen LogP contribution in [-0.2, 0) is 14.8 Å². The summed E-state index contributed by atoms with van der Waals surface area (Å²) in [7, 11) is -2.15. The quantitative estimate of drug-likeness (QED) is 0.734. The number of likely N-dealkylation sites (N-methyl/N-ethyl adjacent to an activating group) is 1. The van der Waals surface area contributed by atoms with Crippen molar-refractivity contribution in [1.82, 2.24) is 9.62 Å². The Morgan fingerprint density at radius 3 is 2.32 bits per heavy atom. The smallest absolute Gasteiger partial charge is 0.243 e. The highest BCUT2D eigenvalue weighted by Crippen LogP contribution is 2.22. The molecule has 6 nitrogen and oxygen atoms in total. The zero-order valence-corrected chi connectivity index (χ0v) is 17.8. The van der Waals surface area contributed by atoms with Gasteiger partial charge in [-0.05, 0) is 49.6 Å². The number of sulfonamides is 1. The van der Waals surface area contributed by atoms with Crippen molar-refractivity contribution in [3.05, 3.63) is 65.2 Å². The molecule has 0 aliphatic rings. The van der Waals surface area contributed by atoms with Crippen LogP contribution in [0.4, 0.5) is 0 Å². The van der Waals surface area contributed by atoms with Gasteiger partial charge in [-0.25, -0.2) is 8.42 Å². The van der Waals surface area contributed by atoms with Crippen molar-refractivity contribution in [3.63, 3.8) is 0 Å². The number of carbonyl (C=O) groups is 1. The lowest BCUT2D eigenvalue weighted by molar-refractivity contribution is -0.125. The van der Waals surface area contributed by atoms with Gasteiger partial charge in [-0.1, -0.05) is 36.4 Å². The number of nitrogens with zero attached hydrogens (tertiary/aromatic N) is 1. The summed E-state index contributed by atoms with van der Waals surface area (Å²) in [5.41, 5.74) is 2.92. The SMILES string of the molecule is Cc1ccc(OC[C@@H](C)NC(=O)[C@H](c2ccccc2)N(C)S(C)(=O)=O)cc1C. The highest BCUT2D eigenvalue weighted by molar-refractivity contribution is 7.88. The van der Waals surface area contributed by atoms with Crippen LogP contribution in [0, 0.1) is 13.8 Å². The summed E-state index contributed by atoms with van der Waals surface area (Å²) in [5.74, 6) is 0.340. The summed E-state index contributed by atoms with van der Waals surface area (Å²) in [4.78, 5) is 12.9. The molecule has 1 amide bonds. The molecule has 0 aromatic heterocycles. The van der Waals surface area contributed by atoms with Crippen LogP contribution in [0.2, 0.25) is 0 Å². The molecule has 152 valence electrons. The molecule has 0 fully saturated rings. The van der Waals surface area contributed by atoms with Crippen LogP contribution in [0.3, 0.4) is 0 Å². The van der Waals surface area contributed by atoms with E-state index in [-0.39, 0.29) is 12.6 Å². The van der Waals surface area contributed by atoms with E-state index >= 15 is 0 Å². The van der Waals surface area contributed by atoms with E-state index in [0.29, 0.717) is 5.56 Å². The summed E-state index contributed by atoms with van der Waals surface area (Å²) >= 11 is 0. The predicted molar refractivity (Wildman–Crippen MR) is 111 cm³/mol. The van der Waals surface area contributed by atoms with Gasteiger partial charge in [0.05, 0.1) is 12.3 Å². The minimum atomic E-state index is -3.55. The topological polar surface area (TPSA) is 75.7 Å². The van der Waals surface area contributed by atoms with Gasteiger partial charge in [0, 0.05) is 7.05 Å². The molecule has 0 bridgehead atoms. The lowest BCUT2D eigenvalue weighted by Gasteiger charge is -2.27. The maximum atomic E-state index is 12.9. The van der Waals surface area contributed by atoms with Crippen molar-refractivity contribution in [1.29, 1.82) is 0 Å². The van der Waals surface area contributed by atoms with Crippen molar-refractivity contribution >= 4 is 15.9 Å². The van der Waals surface area contributed by atoms with Crippen LogP contribution in [0.15, 0.2) is 48.5 Å². The Labute approximate surface area is 167 Å². The van der Waals surface area contributed by atoms with E-state index in [1.165, 1.54) is 12.6 Å². The maximum absolute atomic E-state index is 12.9. The molecule has 0 heterocycles. The first-order chi connectivity index (χ1) is 13.1. The Kier molecular flexibility index (Phi) is 7.21. The number of ether oxygens (including phenoxy) is 1. The van der Waals surface area contributed by atoms with Gasteiger partial charge in [-0.2, -0.15) is 4.31 Å². The number of hydrogen-bond donors (Lipinski definition) is 1. The molecule has 28 heavy (non-hydrogen) atoms. The number of aryl methyl sites for hydroxylation is 2. The molecule has 0 saturated heterocycles. The molecular weight excluding hydrogens is 376 g/mol. The van der Waals surface area contributed by atoms with Crippen LogP contribution in [0.5, 0.6) is 5.75 Å². The number of benzene rings is 2. The van der Waals surface area contributed by atoms with E-state index in [4.69, 9.17) is 4.74 Å². The zero-order valence-electron chi connectivity index (χ0n) is 17.0. The summed E-state index contributed by atoms with van der Waals surface area (Å²) in [5, 5.41) is 2.86. The molecular formula is C21H28N2O4S. The van der Waals surface area contributed by atoms with Crippen molar-refractivity contribution in [2.45, 2.75) is 32.9 Å². The van der Waals surface area contributed by atoms with Crippen molar-refractivity contribution in [3.8, 4) is 5.75 Å². The van der Waals surface area contributed by atoms with Crippen molar-refractivity contribution in [2.75, 3.05) is 19.9 Å².